The van der Waals surface area contributed by atoms with Crippen LogP contribution < -0.4 is 10.1 Å². The van der Waals surface area contributed by atoms with E-state index < -0.39 is 10.0 Å². The lowest BCUT2D eigenvalue weighted by Gasteiger charge is -2.19. The van der Waals surface area contributed by atoms with Crippen LogP contribution in [0.3, 0.4) is 0 Å². The van der Waals surface area contributed by atoms with E-state index in [1.165, 1.54) is 20.2 Å². The molecule has 0 aromatic heterocycles. The predicted octanol–water partition coefficient (Wildman–Crippen LogP) is 3.59. The van der Waals surface area contributed by atoms with Crippen LogP contribution in [-0.2, 0) is 10.0 Å². The number of rotatable bonds is 7. The smallest absolute Gasteiger partial charge is 0.251 e. The summed E-state index contributed by atoms with van der Waals surface area (Å²) < 4.78 is 31.6. The van der Waals surface area contributed by atoms with Gasteiger partial charge in [-0.25, -0.2) is 12.7 Å². The van der Waals surface area contributed by atoms with Gasteiger partial charge in [-0.3, -0.25) is 4.79 Å². The van der Waals surface area contributed by atoms with E-state index in [-0.39, 0.29) is 22.4 Å². The molecule has 0 saturated heterocycles. The highest BCUT2D eigenvalue weighted by molar-refractivity contribution is 9.10. The fraction of sp³-hybridized carbons (Fsp3) is 0.316. The van der Waals surface area contributed by atoms with Gasteiger partial charge in [0.1, 0.15) is 5.75 Å². The normalized spacial score (nSPS) is 12.7. The van der Waals surface area contributed by atoms with Crippen molar-refractivity contribution in [1.82, 2.24) is 9.62 Å². The molecular formula is C19H23BrN2O4S. The van der Waals surface area contributed by atoms with Crippen LogP contribution >= 0.6 is 15.9 Å². The van der Waals surface area contributed by atoms with Crippen molar-refractivity contribution >= 4 is 31.9 Å². The lowest BCUT2D eigenvalue weighted by atomic mass is 10.0. The molecule has 6 nitrogen and oxygen atoms in total. The molecule has 0 aliphatic heterocycles. The highest BCUT2D eigenvalue weighted by Crippen LogP contribution is 2.26. The first-order chi connectivity index (χ1) is 12.7. The molecule has 1 N–H and O–H groups in total. The molecule has 0 bridgehead atoms. The molecule has 0 fully saturated rings. The van der Waals surface area contributed by atoms with Crippen molar-refractivity contribution in [2.75, 3.05) is 21.2 Å². The highest BCUT2D eigenvalue weighted by atomic mass is 79.9. The van der Waals surface area contributed by atoms with Crippen molar-refractivity contribution in [3.63, 3.8) is 0 Å². The van der Waals surface area contributed by atoms with Crippen LogP contribution in [0.15, 0.2) is 51.8 Å². The van der Waals surface area contributed by atoms with E-state index in [9.17, 15) is 13.2 Å². The maximum absolute atomic E-state index is 12.7. The minimum absolute atomic E-state index is 0.0534. The Morgan fingerprint density at radius 2 is 1.81 bits per heavy atom. The van der Waals surface area contributed by atoms with Gasteiger partial charge in [0.15, 0.2) is 0 Å². The summed E-state index contributed by atoms with van der Waals surface area (Å²) in [6.07, 6.45) is 0.692. The van der Waals surface area contributed by atoms with Gasteiger partial charge in [-0.1, -0.05) is 19.1 Å². The molecular weight excluding hydrogens is 432 g/mol. The Labute approximate surface area is 168 Å². The Balaban J connectivity index is 2.28. The maximum Gasteiger partial charge on any atom is 0.251 e. The summed E-state index contributed by atoms with van der Waals surface area (Å²) >= 11 is 3.25. The van der Waals surface area contributed by atoms with Crippen LogP contribution in [0.4, 0.5) is 0 Å². The lowest BCUT2D eigenvalue weighted by Crippen LogP contribution is -2.29. The maximum atomic E-state index is 12.7. The summed E-state index contributed by atoms with van der Waals surface area (Å²) in [4.78, 5) is 12.8. The van der Waals surface area contributed by atoms with E-state index in [4.69, 9.17) is 4.74 Å². The zero-order valence-corrected chi connectivity index (χ0v) is 18.1. The first kappa shape index (κ1) is 21.4. The van der Waals surface area contributed by atoms with Crippen LogP contribution in [0.25, 0.3) is 0 Å². The number of ether oxygens (including phenoxy) is 1. The third-order valence-electron chi connectivity index (χ3n) is 4.18. The van der Waals surface area contributed by atoms with E-state index >= 15 is 0 Å². The van der Waals surface area contributed by atoms with Gasteiger partial charge in [0.25, 0.3) is 5.91 Å². The third kappa shape index (κ3) is 4.88. The Hall–Kier alpha value is -1.90. The van der Waals surface area contributed by atoms with Crippen molar-refractivity contribution in [2.24, 2.45) is 0 Å². The zero-order valence-electron chi connectivity index (χ0n) is 15.7. The number of carbonyl (C=O) groups excluding carboxylic acids is 1. The molecule has 1 unspecified atom stereocenters. The van der Waals surface area contributed by atoms with E-state index in [2.05, 4.69) is 21.2 Å². The summed E-state index contributed by atoms with van der Waals surface area (Å²) in [5, 5.41) is 2.96. The summed E-state index contributed by atoms with van der Waals surface area (Å²) in [5.74, 6) is 0.409. The number of benzene rings is 2. The van der Waals surface area contributed by atoms with Crippen molar-refractivity contribution in [3.8, 4) is 5.75 Å². The molecule has 146 valence electrons. The number of hydrogen-bond donors (Lipinski definition) is 1. The largest absolute Gasteiger partial charge is 0.497 e. The van der Waals surface area contributed by atoms with Gasteiger partial charge >= 0.3 is 0 Å². The van der Waals surface area contributed by atoms with Crippen molar-refractivity contribution in [2.45, 2.75) is 24.3 Å². The van der Waals surface area contributed by atoms with Gasteiger partial charge in [0.2, 0.25) is 10.0 Å². The minimum Gasteiger partial charge on any atom is -0.497 e. The molecule has 0 spiro atoms. The SMILES string of the molecule is CCC(NC(=O)c1ccc(Br)c(S(=O)(=O)N(C)C)c1)c1ccc(OC)cc1. The quantitative estimate of drug-likeness (QED) is 0.693. The summed E-state index contributed by atoms with van der Waals surface area (Å²) in [7, 11) is 0.833. The molecule has 2 rings (SSSR count). The van der Waals surface area contributed by atoms with E-state index in [0.29, 0.717) is 10.9 Å². The first-order valence-electron chi connectivity index (χ1n) is 8.37. The number of methoxy groups -OCH3 is 1. The number of nitrogens with zero attached hydrogens (tertiary/aromatic N) is 1. The minimum atomic E-state index is -3.66. The van der Waals surface area contributed by atoms with Crippen LogP contribution in [0.2, 0.25) is 0 Å². The van der Waals surface area contributed by atoms with E-state index in [0.717, 1.165) is 15.6 Å². The fourth-order valence-corrected chi connectivity index (χ4v) is 4.38. The number of amides is 1. The lowest BCUT2D eigenvalue weighted by molar-refractivity contribution is 0.0935. The van der Waals surface area contributed by atoms with Gasteiger partial charge in [-0.05, 0) is 58.2 Å². The number of sulfonamides is 1. The van der Waals surface area contributed by atoms with Gasteiger partial charge in [-0.2, -0.15) is 0 Å². The molecule has 27 heavy (non-hydrogen) atoms. The molecule has 1 atom stereocenters. The molecule has 2 aromatic carbocycles. The summed E-state index contributed by atoms with van der Waals surface area (Å²) in [6, 6.07) is 11.8. The topological polar surface area (TPSA) is 75.7 Å². The van der Waals surface area contributed by atoms with Crippen LogP contribution in [0, 0.1) is 0 Å². The molecule has 0 radical (unpaired) electrons. The van der Waals surface area contributed by atoms with Crippen molar-refractivity contribution < 1.29 is 17.9 Å². The van der Waals surface area contributed by atoms with Gasteiger partial charge in [0, 0.05) is 24.1 Å². The van der Waals surface area contributed by atoms with Crippen LogP contribution in [0.5, 0.6) is 5.75 Å². The molecule has 0 saturated carbocycles. The number of nitrogens with one attached hydrogen (secondary N) is 1. The van der Waals surface area contributed by atoms with Gasteiger partial charge < -0.3 is 10.1 Å². The number of halogens is 1. The second-order valence-corrected chi connectivity index (χ2v) is 9.11. The second-order valence-electron chi connectivity index (χ2n) is 6.14. The third-order valence-corrected chi connectivity index (χ3v) is 6.99. The average molecular weight is 455 g/mol. The van der Waals surface area contributed by atoms with Crippen molar-refractivity contribution in [1.29, 1.82) is 0 Å². The number of carbonyl (C=O) groups is 1. The Kier molecular flexibility index (Phi) is 7.02. The van der Waals surface area contributed by atoms with E-state index in [1.807, 2.05) is 31.2 Å². The standard InChI is InChI=1S/C19H23BrN2O4S/c1-5-17(13-6-9-15(26-4)10-7-13)21-19(23)14-8-11-16(20)18(12-14)27(24,25)22(2)3/h6-12,17H,5H2,1-4H3,(H,21,23). The summed E-state index contributed by atoms with van der Waals surface area (Å²) in [6.45, 7) is 1.97. The van der Waals surface area contributed by atoms with Gasteiger partial charge in [0.05, 0.1) is 18.0 Å². The average Bonchev–Trinajstić information content (AvgIpc) is 2.66. The molecule has 0 heterocycles. The Morgan fingerprint density at radius 1 is 1.19 bits per heavy atom. The Morgan fingerprint density at radius 3 is 2.33 bits per heavy atom. The monoisotopic (exact) mass is 454 g/mol. The fourth-order valence-electron chi connectivity index (χ4n) is 2.54. The van der Waals surface area contributed by atoms with E-state index in [1.54, 1.807) is 19.2 Å². The molecule has 0 aliphatic rings. The summed E-state index contributed by atoms with van der Waals surface area (Å²) in [5.41, 5.74) is 1.23. The predicted molar refractivity (Wildman–Crippen MR) is 109 cm³/mol. The Bertz CT molecular complexity index is 912. The van der Waals surface area contributed by atoms with Gasteiger partial charge in [-0.15, -0.1) is 0 Å². The second kappa shape index (κ2) is 8.86. The highest BCUT2D eigenvalue weighted by Gasteiger charge is 2.23. The molecule has 2 aromatic rings. The first-order valence-corrected chi connectivity index (χ1v) is 10.6. The van der Waals surface area contributed by atoms with Crippen LogP contribution in [-0.4, -0.2) is 39.8 Å². The number of hydrogen-bond acceptors (Lipinski definition) is 4. The van der Waals surface area contributed by atoms with Crippen LogP contribution in [0.1, 0.15) is 35.3 Å². The molecule has 0 aliphatic carbocycles. The molecule has 8 heteroatoms. The molecule has 1 amide bonds. The van der Waals surface area contributed by atoms with Crippen molar-refractivity contribution in [3.05, 3.63) is 58.1 Å². The zero-order chi connectivity index (χ0) is 20.2.